The van der Waals surface area contributed by atoms with Crippen LogP contribution >= 0.6 is 12.6 Å². The fourth-order valence-electron chi connectivity index (χ4n) is 7.10. The molecular weight excluding hydrogens is 380 g/mol. The second-order valence-corrected chi connectivity index (χ2v) is 10.6. The standard InChI is InChI=1S/C25H34O3S/c1-4-28-23(27)10-9-22(29)21-8-7-19-18-6-5-16-15-17(26)11-13-24(16,2)20(18)12-14-25(19,21)3/h5-6,9-10,15,18-22,29H,4,7-8,11-14H2,1-3H3/b10-9+/t18?,19?,20?,21-,22-,24+,25+/m1/s1. The number of carbonyl (C=O) groups excluding carboxylic acids is 2. The van der Waals surface area contributed by atoms with Crippen LogP contribution in [0.15, 0.2) is 36.0 Å². The molecule has 29 heavy (non-hydrogen) atoms. The Morgan fingerprint density at radius 2 is 2.07 bits per heavy atom. The summed E-state index contributed by atoms with van der Waals surface area (Å²) in [5.41, 5.74) is 1.66. The van der Waals surface area contributed by atoms with Crippen LogP contribution in [0.5, 0.6) is 0 Å². The zero-order valence-corrected chi connectivity index (χ0v) is 18.8. The minimum Gasteiger partial charge on any atom is -0.463 e. The van der Waals surface area contributed by atoms with Crippen molar-refractivity contribution in [2.75, 3.05) is 6.61 Å². The van der Waals surface area contributed by atoms with Crippen molar-refractivity contribution in [3.8, 4) is 0 Å². The van der Waals surface area contributed by atoms with Gasteiger partial charge in [-0.15, -0.1) is 0 Å². The summed E-state index contributed by atoms with van der Waals surface area (Å²) >= 11 is 4.90. The highest BCUT2D eigenvalue weighted by atomic mass is 32.1. The van der Waals surface area contributed by atoms with Crippen LogP contribution in [0.3, 0.4) is 0 Å². The van der Waals surface area contributed by atoms with Crippen LogP contribution in [0.1, 0.15) is 59.3 Å². The summed E-state index contributed by atoms with van der Waals surface area (Å²) in [4.78, 5) is 23.7. The lowest BCUT2D eigenvalue weighted by atomic mass is 9.48. The molecule has 2 fully saturated rings. The SMILES string of the molecule is CCOC(=O)/C=C/[C@@H](S)[C@H]1CCC2C3C=CC4=CC(=O)CC[C@]4(C)C3CC[C@@]21C. The molecule has 4 aliphatic rings. The molecule has 0 aromatic rings. The molecule has 0 heterocycles. The molecule has 0 aromatic heterocycles. The summed E-state index contributed by atoms with van der Waals surface area (Å²) in [5, 5.41) is 0.0804. The van der Waals surface area contributed by atoms with Gasteiger partial charge in [-0.05, 0) is 85.2 Å². The maximum absolute atomic E-state index is 12.0. The predicted molar refractivity (Wildman–Crippen MR) is 119 cm³/mol. The number of hydrogen-bond acceptors (Lipinski definition) is 4. The smallest absolute Gasteiger partial charge is 0.330 e. The zero-order valence-electron chi connectivity index (χ0n) is 17.9. The Morgan fingerprint density at radius 3 is 2.83 bits per heavy atom. The minimum atomic E-state index is -0.274. The van der Waals surface area contributed by atoms with Gasteiger partial charge in [0, 0.05) is 17.7 Å². The molecule has 0 bridgehead atoms. The van der Waals surface area contributed by atoms with Gasteiger partial charge < -0.3 is 4.74 Å². The fraction of sp³-hybridized carbons (Fsp3) is 0.680. The summed E-state index contributed by atoms with van der Waals surface area (Å²) in [6.07, 6.45) is 16.6. The van der Waals surface area contributed by atoms with Crippen LogP contribution in [-0.4, -0.2) is 23.6 Å². The molecule has 0 aromatic carbocycles. The van der Waals surface area contributed by atoms with E-state index in [1.165, 1.54) is 24.8 Å². The van der Waals surface area contributed by atoms with Crippen molar-refractivity contribution < 1.29 is 14.3 Å². The highest BCUT2D eigenvalue weighted by Crippen LogP contribution is 2.65. The highest BCUT2D eigenvalue weighted by molar-refractivity contribution is 7.81. The van der Waals surface area contributed by atoms with Gasteiger partial charge in [0.15, 0.2) is 5.78 Å². The van der Waals surface area contributed by atoms with Gasteiger partial charge in [0.1, 0.15) is 0 Å². The second-order valence-electron chi connectivity index (χ2n) is 9.96. The third kappa shape index (κ3) is 3.45. The highest BCUT2D eigenvalue weighted by Gasteiger charge is 2.58. The predicted octanol–water partition coefficient (Wildman–Crippen LogP) is 5.33. The van der Waals surface area contributed by atoms with E-state index in [-0.39, 0.29) is 27.8 Å². The van der Waals surface area contributed by atoms with Crippen LogP contribution in [0.25, 0.3) is 0 Å². The van der Waals surface area contributed by atoms with Gasteiger partial charge in [0.2, 0.25) is 0 Å². The lowest BCUT2D eigenvalue weighted by Gasteiger charge is -2.56. The van der Waals surface area contributed by atoms with E-state index >= 15 is 0 Å². The largest absolute Gasteiger partial charge is 0.463 e. The molecule has 3 unspecified atom stereocenters. The van der Waals surface area contributed by atoms with E-state index in [4.69, 9.17) is 17.4 Å². The summed E-state index contributed by atoms with van der Waals surface area (Å²) in [5.74, 6) is 2.37. The number of fused-ring (bicyclic) bond motifs is 5. The van der Waals surface area contributed by atoms with E-state index in [9.17, 15) is 9.59 Å². The first kappa shape index (κ1) is 21.0. The van der Waals surface area contributed by atoms with Gasteiger partial charge in [-0.1, -0.05) is 32.1 Å². The molecule has 0 radical (unpaired) electrons. The van der Waals surface area contributed by atoms with E-state index in [1.54, 1.807) is 6.08 Å². The lowest BCUT2D eigenvalue weighted by Crippen LogP contribution is -2.49. The molecule has 0 spiro atoms. The van der Waals surface area contributed by atoms with Crippen molar-refractivity contribution in [1.29, 1.82) is 0 Å². The van der Waals surface area contributed by atoms with E-state index in [0.29, 0.717) is 36.7 Å². The number of ether oxygens (including phenoxy) is 1. The Labute approximate surface area is 180 Å². The van der Waals surface area contributed by atoms with Crippen molar-refractivity contribution in [3.63, 3.8) is 0 Å². The average molecular weight is 415 g/mol. The third-order valence-corrected chi connectivity index (χ3v) is 9.25. The molecule has 4 rings (SSSR count). The number of ketones is 1. The van der Waals surface area contributed by atoms with Crippen LogP contribution in [-0.2, 0) is 14.3 Å². The van der Waals surface area contributed by atoms with Crippen LogP contribution in [0, 0.1) is 34.5 Å². The molecule has 4 heteroatoms. The Balaban J connectivity index is 1.56. The van der Waals surface area contributed by atoms with Gasteiger partial charge in [0.25, 0.3) is 0 Å². The molecule has 7 atom stereocenters. The summed E-state index contributed by atoms with van der Waals surface area (Å²) in [6.45, 7) is 7.08. The first-order valence-electron chi connectivity index (χ1n) is 11.3. The van der Waals surface area contributed by atoms with Gasteiger partial charge in [0.05, 0.1) is 6.61 Å². The molecule has 0 amide bonds. The molecule has 2 saturated carbocycles. The van der Waals surface area contributed by atoms with Gasteiger partial charge in [-0.3, -0.25) is 4.79 Å². The molecule has 0 N–H and O–H groups in total. The first-order valence-corrected chi connectivity index (χ1v) is 11.8. The number of hydrogen-bond donors (Lipinski definition) is 1. The normalized spacial score (nSPS) is 42.1. The first-order chi connectivity index (χ1) is 13.8. The molecule has 3 nitrogen and oxygen atoms in total. The average Bonchev–Trinajstić information content (AvgIpc) is 3.04. The van der Waals surface area contributed by atoms with Crippen molar-refractivity contribution in [2.24, 2.45) is 34.5 Å². The van der Waals surface area contributed by atoms with E-state index in [1.807, 2.05) is 19.1 Å². The number of esters is 1. The topological polar surface area (TPSA) is 43.4 Å². The Hall–Kier alpha value is -1.29. The number of rotatable bonds is 4. The molecule has 0 aliphatic heterocycles. The zero-order chi connectivity index (χ0) is 20.8. The fourth-order valence-corrected chi connectivity index (χ4v) is 7.68. The summed E-state index contributed by atoms with van der Waals surface area (Å²) in [7, 11) is 0. The number of carbonyl (C=O) groups is 2. The number of allylic oxidation sites excluding steroid dienone is 4. The second kappa shape index (κ2) is 7.76. The van der Waals surface area contributed by atoms with E-state index < -0.39 is 0 Å². The third-order valence-electron chi connectivity index (χ3n) is 8.72. The van der Waals surface area contributed by atoms with Crippen molar-refractivity contribution >= 4 is 24.4 Å². The maximum atomic E-state index is 12.0. The molecule has 4 aliphatic carbocycles. The molecule has 0 saturated heterocycles. The van der Waals surface area contributed by atoms with Crippen molar-refractivity contribution in [1.82, 2.24) is 0 Å². The maximum Gasteiger partial charge on any atom is 0.330 e. The Morgan fingerprint density at radius 1 is 1.28 bits per heavy atom. The Kier molecular flexibility index (Phi) is 5.61. The van der Waals surface area contributed by atoms with E-state index in [0.717, 1.165) is 12.8 Å². The van der Waals surface area contributed by atoms with Crippen LogP contribution in [0.4, 0.5) is 0 Å². The Bertz CT molecular complexity index is 781. The lowest BCUT2D eigenvalue weighted by molar-refractivity contribution is -0.137. The summed E-state index contributed by atoms with van der Waals surface area (Å²) in [6, 6.07) is 0. The van der Waals surface area contributed by atoms with Crippen molar-refractivity contribution in [2.45, 2.75) is 64.5 Å². The van der Waals surface area contributed by atoms with Gasteiger partial charge in [-0.2, -0.15) is 12.6 Å². The van der Waals surface area contributed by atoms with Gasteiger partial charge in [-0.25, -0.2) is 4.79 Å². The number of thiol groups is 1. The summed E-state index contributed by atoms with van der Waals surface area (Å²) < 4.78 is 5.03. The molecular formula is C25H34O3S. The quantitative estimate of drug-likeness (QED) is 0.384. The van der Waals surface area contributed by atoms with Gasteiger partial charge >= 0.3 is 5.97 Å². The van der Waals surface area contributed by atoms with E-state index in [2.05, 4.69) is 26.0 Å². The van der Waals surface area contributed by atoms with Crippen LogP contribution < -0.4 is 0 Å². The van der Waals surface area contributed by atoms with Crippen molar-refractivity contribution in [3.05, 3.63) is 36.0 Å². The van der Waals surface area contributed by atoms with Crippen LogP contribution in [0.2, 0.25) is 0 Å². The monoisotopic (exact) mass is 414 g/mol. The minimum absolute atomic E-state index is 0.0804. The molecule has 158 valence electrons.